The molecular formula is C14H18N4O. The van der Waals surface area contributed by atoms with Crippen LogP contribution >= 0.6 is 0 Å². The molecule has 0 saturated heterocycles. The maximum atomic E-state index is 6.07. The first-order valence-electron chi connectivity index (χ1n) is 6.63. The van der Waals surface area contributed by atoms with Gasteiger partial charge in [0.05, 0.1) is 12.1 Å². The second-order valence-electron chi connectivity index (χ2n) is 4.97. The lowest BCUT2D eigenvalue weighted by molar-refractivity contribution is 0.293. The molecule has 2 heterocycles. The van der Waals surface area contributed by atoms with Crippen molar-refractivity contribution >= 4 is 0 Å². The summed E-state index contributed by atoms with van der Waals surface area (Å²) in [6, 6.07) is 10.1. The van der Waals surface area contributed by atoms with Crippen LogP contribution in [0.2, 0.25) is 0 Å². The van der Waals surface area contributed by atoms with E-state index >= 15 is 0 Å². The third-order valence-electron chi connectivity index (χ3n) is 3.46. The predicted molar refractivity (Wildman–Crippen MR) is 71.7 cm³/mol. The minimum absolute atomic E-state index is 0.00539. The van der Waals surface area contributed by atoms with Gasteiger partial charge in [-0.2, -0.15) is 5.10 Å². The zero-order chi connectivity index (χ0) is 13.2. The summed E-state index contributed by atoms with van der Waals surface area (Å²) in [6.45, 7) is 2.52. The van der Waals surface area contributed by atoms with Gasteiger partial charge >= 0.3 is 0 Å². The zero-order valence-electron chi connectivity index (χ0n) is 11.0. The summed E-state index contributed by atoms with van der Waals surface area (Å²) in [4.78, 5) is 4.50. The topological polar surface area (TPSA) is 66.0 Å². The Balaban J connectivity index is 1.74. The SMILES string of the molecule is CC1CCC(N)c2nc(COc3ccccc3)nn21. The van der Waals surface area contributed by atoms with Crippen molar-refractivity contribution in [3.63, 3.8) is 0 Å². The average Bonchev–Trinajstić information content (AvgIpc) is 2.87. The van der Waals surface area contributed by atoms with Crippen molar-refractivity contribution in [1.29, 1.82) is 0 Å². The van der Waals surface area contributed by atoms with Gasteiger partial charge in [-0.3, -0.25) is 0 Å². The number of ether oxygens (including phenoxy) is 1. The van der Waals surface area contributed by atoms with Gasteiger partial charge in [0.2, 0.25) is 0 Å². The molecule has 0 fully saturated rings. The van der Waals surface area contributed by atoms with E-state index in [-0.39, 0.29) is 6.04 Å². The van der Waals surface area contributed by atoms with E-state index < -0.39 is 0 Å². The van der Waals surface area contributed by atoms with Crippen molar-refractivity contribution in [2.24, 2.45) is 5.73 Å². The lowest BCUT2D eigenvalue weighted by Crippen LogP contribution is -2.25. The Morgan fingerprint density at radius 1 is 1.32 bits per heavy atom. The molecule has 5 nitrogen and oxygen atoms in total. The minimum Gasteiger partial charge on any atom is -0.486 e. The highest BCUT2D eigenvalue weighted by atomic mass is 16.5. The molecule has 0 spiro atoms. The highest BCUT2D eigenvalue weighted by molar-refractivity contribution is 5.21. The standard InChI is InChI=1S/C14H18N4O/c1-10-7-8-12(15)14-16-13(17-18(10)14)9-19-11-5-3-2-4-6-11/h2-6,10,12H,7-9,15H2,1H3. The van der Waals surface area contributed by atoms with Crippen molar-refractivity contribution in [3.05, 3.63) is 42.0 Å². The molecule has 1 aromatic heterocycles. The van der Waals surface area contributed by atoms with Gasteiger partial charge < -0.3 is 10.5 Å². The minimum atomic E-state index is -0.00539. The Bertz CT molecular complexity index is 524. The number of nitrogens with two attached hydrogens (primary N) is 1. The van der Waals surface area contributed by atoms with Gasteiger partial charge in [0.25, 0.3) is 0 Å². The first-order chi connectivity index (χ1) is 9.24. The van der Waals surface area contributed by atoms with E-state index in [9.17, 15) is 0 Å². The molecule has 19 heavy (non-hydrogen) atoms. The summed E-state index contributed by atoms with van der Waals surface area (Å²) in [5.74, 6) is 2.40. The lowest BCUT2D eigenvalue weighted by Gasteiger charge is -2.23. The predicted octanol–water partition coefficient (Wildman–Crippen LogP) is 2.21. The van der Waals surface area contributed by atoms with E-state index in [2.05, 4.69) is 17.0 Å². The van der Waals surface area contributed by atoms with Crippen LogP contribution in [0.25, 0.3) is 0 Å². The number of rotatable bonds is 3. The highest BCUT2D eigenvalue weighted by Gasteiger charge is 2.25. The van der Waals surface area contributed by atoms with Gasteiger partial charge in [0.15, 0.2) is 5.82 Å². The van der Waals surface area contributed by atoms with Crippen LogP contribution in [0, 0.1) is 0 Å². The molecule has 5 heteroatoms. The van der Waals surface area contributed by atoms with Crippen LogP contribution in [0.5, 0.6) is 5.75 Å². The Morgan fingerprint density at radius 2 is 2.11 bits per heavy atom. The Hall–Kier alpha value is -1.88. The van der Waals surface area contributed by atoms with Gasteiger partial charge in [0.1, 0.15) is 18.2 Å². The first-order valence-corrected chi connectivity index (χ1v) is 6.63. The van der Waals surface area contributed by atoms with E-state index in [0.29, 0.717) is 18.5 Å². The summed E-state index contributed by atoms with van der Waals surface area (Å²) in [5.41, 5.74) is 6.07. The van der Waals surface area contributed by atoms with Crippen LogP contribution < -0.4 is 10.5 Å². The highest BCUT2D eigenvalue weighted by Crippen LogP contribution is 2.28. The third kappa shape index (κ3) is 2.46. The summed E-state index contributed by atoms with van der Waals surface area (Å²) >= 11 is 0. The third-order valence-corrected chi connectivity index (χ3v) is 3.46. The molecule has 3 rings (SSSR count). The van der Waals surface area contributed by atoms with Crippen molar-refractivity contribution in [3.8, 4) is 5.75 Å². The van der Waals surface area contributed by atoms with Crippen molar-refractivity contribution in [1.82, 2.24) is 14.8 Å². The fraction of sp³-hybridized carbons (Fsp3) is 0.429. The number of nitrogens with zero attached hydrogens (tertiary/aromatic N) is 3. The van der Waals surface area contributed by atoms with Gasteiger partial charge in [-0.15, -0.1) is 0 Å². The zero-order valence-corrected chi connectivity index (χ0v) is 11.0. The maximum absolute atomic E-state index is 6.07. The summed E-state index contributed by atoms with van der Waals surface area (Å²) < 4.78 is 7.60. The summed E-state index contributed by atoms with van der Waals surface area (Å²) in [6.07, 6.45) is 2.02. The first kappa shape index (κ1) is 12.2. The van der Waals surface area contributed by atoms with Crippen LogP contribution in [-0.2, 0) is 6.61 Å². The lowest BCUT2D eigenvalue weighted by atomic mass is 10.0. The molecule has 0 amide bonds. The van der Waals surface area contributed by atoms with Gasteiger partial charge in [-0.05, 0) is 31.9 Å². The molecule has 1 aliphatic rings. The van der Waals surface area contributed by atoms with Gasteiger partial charge in [0, 0.05) is 0 Å². The van der Waals surface area contributed by atoms with Crippen LogP contribution in [0.15, 0.2) is 30.3 Å². The number of aromatic nitrogens is 3. The van der Waals surface area contributed by atoms with E-state index in [1.807, 2.05) is 35.0 Å². The molecule has 1 aromatic carbocycles. The molecular weight excluding hydrogens is 240 g/mol. The molecule has 2 atom stereocenters. The van der Waals surface area contributed by atoms with E-state index in [1.165, 1.54) is 0 Å². The largest absolute Gasteiger partial charge is 0.486 e. The number of hydrogen-bond donors (Lipinski definition) is 1. The maximum Gasteiger partial charge on any atom is 0.188 e. The second kappa shape index (κ2) is 5.01. The quantitative estimate of drug-likeness (QED) is 0.916. The molecule has 2 aromatic rings. The normalized spacial score (nSPS) is 22.0. The molecule has 2 N–H and O–H groups in total. The van der Waals surface area contributed by atoms with Gasteiger partial charge in [-0.25, -0.2) is 9.67 Å². The Labute approximate surface area is 112 Å². The Kier molecular flexibility index (Phi) is 3.21. The van der Waals surface area contributed by atoms with Crippen molar-refractivity contribution < 1.29 is 4.74 Å². The molecule has 0 saturated carbocycles. The fourth-order valence-corrected chi connectivity index (χ4v) is 2.36. The van der Waals surface area contributed by atoms with E-state index in [4.69, 9.17) is 10.5 Å². The summed E-state index contributed by atoms with van der Waals surface area (Å²) in [5, 5.41) is 4.50. The van der Waals surface area contributed by atoms with Crippen molar-refractivity contribution in [2.45, 2.75) is 38.5 Å². The smallest absolute Gasteiger partial charge is 0.188 e. The average molecular weight is 258 g/mol. The van der Waals surface area contributed by atoms with Crippen molar-refractivity contribution in [2.75, 3.05) is 0 Å². The monoisotopic (exact) mass is 258 g/mol. The van der Waals surface area contributed by atoms with E-state index in [0.717, 1.165) is 24.4 Å². The molecule has 1 aliphatic heterocycles. The second-order valence-corrected chi connectivity index (χ2v) is 4.97. The molecule has 100 valence electrons. The number of fused-ring (bicyclic) bond motifs is 1. The number of hydrogen-bond acceptors (Lipinski definition) is 4. The fourth-order valence-electron chi connectivity index (χ4n) is 2.36. The van der Waals surface area contributed by atoms with E-state index in [1.54, 1.807) is 0 Å². The molecule has 0 bridgehead atoms. The molecule has 2 unspecified atom stereocenters. The Morgan fingerprint density at radius 3 is 2.84 bits per heavy atom. The van der Waals surface area contributed by atoms with Crippen LogP contribution in [0.1, 0.15) is 43.5 Å². The van der Waals surface area contributed by atoms with Crippen LogP contribution in [-0.4, -0.2) is 14.8 Å². The van der Waals surface area contributed by atoms with Crippen LogP contribution in [0.4, 0.5) is 0 Å². The molecule has 0 aliphatic carbocycles. The molecule has 0 radical (unpaired) electrons. The van der Waals surface area contributed by atoms with Gasteiger partial charge in [-0.1, -0.05) is 18.2 Å². The summed E-state index contributed by atoms with van der Waals surface area (Å²) in [7, 11) is 0. The number of para-hydroxylation sites is 1. The number of benzene rings is 1. The van der Waals surface area contributed by atoms with Crippen LogP contribution in [0.3, 0.4) is 0 Å².